The molecular formula is C21H26N2O5S. The monoisotopic (exact) mass is 418 g/mol. The molecule has 0 bridgehead atoms. The van der Waals surface area contributed by atoms with Crippen molar-refractivity contribution < 1.29 is 22.7 Å². The van der Waals surface area contributed by atoms with E-state index in [1.54, 1.807) is 43.5 Å². The van der Waals surface area contributed by atoms with Crippen molar-refractivity contribution in [1.29, 1.82) is 0 Å². The molecular weight excluding hydrogens is 392 g/mol. The minimum Gasteiger partial charge on any atom is -0.496 e. The first-order valence-corrected chi connectivity index (χ1v) is 11.1. The van der Waals surface area contributed by atoms with E-state index in [1.165, 1.54) is 6.07 Å². The average molecular weight is 419 g/mol. The lowest BCUT2D eigenvalue weighted by Gasteiger charge is -2.15. The smallest absolute Gasteiger partial charge is 0.261 e. The highest BCUT2D eigenvalue weighted by molar-refractivity contribution is 7.92. The summed E-state index contributed by atoms with van der Waals surface area (Å²) in [6.45, 7) is 3.03. The summed E-state index contributed by atoms with van der Waals surface area (Å²) in [4.78, 5) is 12.7. The summed E-state index contributed by atoms with van der Waals surface area (Å²) in [7, 11) is -2.32. The minimum atomic E-state index is -3.87. The number of ether oxygens (including phenoxy) is 2. The molecule has 1 aliphatic rings. The Kier molecular flexibility index (Phi) is 6.76. The van der Waals surface area contributed by atoms with Crippen molar-refractivity contribution in [3.8, 4) is 5.75 Å². The van der Waals surface area contributed by atoms with Crippen molar-refractivity contribution >= 4 is 21.6 Å². The molecule has 0 spiro atoms. The Morgan fingerprint density at radius 3 is 2.72 bits per heavy atom. The molecule has 7 nitrogen and oxygen atoms in total. The molecule has 8 heteroatoms. The first kappa shape index (κ1) is 21.1. The van der Waals surface area contributed by atoms with Crippen LogP contribution in [0.2, 0.25) is 0 Å². The number of methoxy groups -OCH3 is 1. The van der Waals surface area contributed by atoms with Crippen molar-refractivity contribution in [3.05, 3.63) is 53.6 Å². The van der Waals surface area contributed by atoms with E-state index < -0.39 is 10.0 Å². The number of hydrogen-bond acceptors (Lipinski definition) is 5. The molecule has 2 aromatic rings. The lowest BCUT2D eigenvalue weighted by atomic mass is 10.1. The van der Waals surface area contributed by atoms with Crippen LogP contribution in [0.4, 0.5) is 5.69 Å². The third kappa shape index (κ3) is 5.07. The van der Waals surface area contributed by atoms with Crippen LogP contribution in [0.15, 0.2) is 47.4 Å². The van der Waals surface area contributed by atoms with Gasteiger partial charge in [0.15, 0.2) is 0 Å². The fourth-order valence-corrected chi connectivity index (χ4v) is 4.41. The van der Waals surface area contributed by atoms with Crippen molar-refractivity contribution in [1.82, 2.24) is 5.32 Å². The molecule has 1 atom stereocenters. The lowest BCUT2D eigenvalue weighted by molar-refractivity contribution is 0.0858. The van der Waals surface area contributed by atoms with Crippen LogP contribution >= 0.6 is 0 Å². The normalized spacial score (nSPS) is 16.4. The second kappa shape index (κ2) is 9.28. The van der Waals surface area contributed by atoms with Gasteiger partial charge in [0.1, 0.15) is 5.75 Å². The quantitative estimate of drug-likeness (QED) is 0.687. The predicted molar refractivity (Wildman–Crippen MR) is 111 cm³/mol. The predicted octanol–water partition coefficient (Wildman–Crippen LogP) is 2.97. The molecule has 1 fully saturated rings. The second-order valence-electron chi connectivity index (χ2n) is 6.82. The Bertz CT molecular complexity index is 969. The molecule has 29 heavy (non-hydrogen) atoms. The van der Waals surface area contributed by atoms with Gasteiger partial charge in [0, 0.05) is 13.2 Å². The topological polar surface area (TPSA) is 93.7 Å². The largest absolute Gasteiger partial charge is 0.496 e. The summed E-state index contributed by atoms with van der Waals surface area (Å²) in [5, 5.41) is 2.82. The summed E-state index contributed by atoms with van der Waals surface area (Å²) < 4.78 is 39.1. The molecule has 2 aromatic carbocycles. The number of para-hydroxylation sites is 1. The highest BCUT2D eigenvalue weighted by Gasteiger charge is 2.21. The average Bonchev–Trinajstić information content (AvgIpc) is 3.25. The van der Waals surface area contributed by atoms with Crippen LogP contribution < -0.4 is 14.8 Å². The third-order valence-electron chi connectivity index (χ3n) is 4.87. The Hall–Kier alpha value is -2.58. The van der Waals surface area contributed by atoms with Gasteiger partial charge in [0.2, 0.25) is 0 Å². The van der Waals surface area contributed by atoms with E-state index in [-0.39, 0.29) is 28.2 Å². The Morgan fingerprint density at radius 2 is 2.03 bits per heavy atom. The molecule has 156 valence electrons. The van der Waals surface area contributed by atoms with E-state index >= 15 is 0 Å². The molecule has 0 aliphatic carbocycles. The molecule has 0 aromatic heterocycles. The van der Waals surface area contributed by atoms with Crippen LogP contribution in [0.1, 0.15) is 35.7 Å². The highest BCUT2D eigenvalue weighted by atomic mass is 32.2. The number of benzene rings is 2. The maximum Gasteiger partial charge on any atom is 0.261 e. The fraction of sp³-hybridized carbons (Fsp3) is 0.381. The molecule has 1 heterocycles. The minimum absolute atomic E-state index is 0.00886. The zero-order chi connectivity index (χ0) is 20.9. The van der Waals surface area contributed by atoms with Gasteiger partial charge in [-0.3, -0.25) is 9.52 Å². The molecule has 2 N–H and O–H groups in total. The number of nitrogens with one attached hydrogen (secondary N) is 2. The first-order valence-electron chi connectivity index (χ1n) is 9.63. The van der Waals surface area contributed by atoms with E-state index in [0.717, 1.165) is 18.4 Å². The van der Waals surface area contributed by atoms with E-state index in [0.29, 0.717) is 25.3 Å². The zero-order valence-electron chi connectivity index (χ0n) is 16.6. The van der Waals surface area contributed by atoms with Gasteiger partial charge < -0.3 is 14.8 Å². The number of amides is 1. The first-order chi connectivity index (χ1) is 13.9. The number of aryl methyl sites for hydroxylation is 1. The van der Waals surface area contributed by atoms with Gasteiger partial charge in [-0.2, -0.15) is 0 Å². The number of hydrogen-bond donors (Lipinski definition) is 2. The molecule has 1 amide bonds. The molecule has 0 unspecified atom stereocenters. The number of sulfonamides is 1. The summed E-state index contributed by atoms with van der Waals surface area (Å²) in [6, 6.07) is 11.2. The van der Waals surface area contributed by atoms with E-state index in [1.807, 2.05) is 6.92 Å². The number of anilines is 1. The van der Waals surface area contributed by atoms with E-state index in [9.17, 15) is 13.2 Å². The molecule has 1 aliphatic heterocycles. The fourth-order valence-electron chi connectivity index (χ4n) is 3.28. The van der Waals surface area contributed by atoms with Crippen molar-refractivity contribution in [2.45, 2.75) is 37.2 Å². The number of carbonyl (C=O) groups excluding carboxylic acids is 1. The molecule has 3 rings (SSSR count). The van der Waals surface area contributed by atoms with Gasteiger partial charge in [-0.25, -0.2) is 8.42 Å². The van der Waals surface area contributed by atoms with E-state index in [2.05, 4.69) is 10.0 Å². The standard InChI is InChI=1S/C21H26N2O5S/c1-3-15-13-17(10-11-20(15)27-2)29(25,26)23-19-9-5-4-8-18(19)21(24)22-14-16-7-6-12-28-16/h4-5,8-11,13,16,23H,3,6-7,12,14H2,1-2H3,(H,22,24)/t16-/m0/s1. The van der Waals surface area contributed by atoms with Crippen LogP contribution in [-0.2, 0) is 21.2 Å². The van der Waals surface area contributed by atoms with Crippen LogP contribution in [0.3, 0.4) is 0 Å². The highest BCUT2D eigenvalue weighted by Crippen LogP contribution is 2.25. The number of rotatable bonds is 8. The van der Waals surface area contributed by atoms with Crippen LogP contribution in [-0.4, -0.2) is 40.7 Å². The third-order valence-corrected chi connectivity index (χ3v) is 6.24. The number of carbonyl (C=O) groups is 1. The van der Waals surface area contributed by atoms with Crippen LogP contribution in [0, 0.1) is 0 Å². The van der Waals surface area contributed by atoms with Crippen LogP contribution in [0.25, 0.3) is 0 Å². The van der Waals surface area contributed by atoms with Gasteiger partial charge in [-0.15, -0.1) is 0 Å². The SMILES string of the molecule is CCc1cc(S(=O)(=O)Nc2ccccc2C(=O)NC[C@@H]2CCCO2)ccc1OC. The summed E-state index contributed by atoms with van der Waals surface area (Å²) in [5.74, 6) is 0.295. The van der Waals surface area contributed by atoms with Gasteiger partial charge in [-0.05, 0) is 55.2 Å². The summed E-state index contributed by atoms with van der Waals surface area (Å²) in [5.41, 5.74) is 1.28. The maximum atomic E-state index is 12.9. The van der Waals surface area contributed by atoms with Crippen molar-refractivity contribution in [2.24, 2.45) is 0 Å². The van der Waals surface area contributed by atoms with Gasteiger partial charge in [0.25, 0.3) is 15.9 Å². The summed E-state index contributed by atoms with van der Waals surface area (Å²) in [6.07, 6.45) is 2.54. The molecule has 0 radical (unpaired) electrons. The van der Waals surface area contributed by atoms with Crippen molar-refractivity contribution in [2.75, 3.05) is 25.0 Å². The van der Waals surface area contributed by atoms with Gasteiger partial charge in [0.05, 0.1) is 29.4 Å². The Morgan fingerprint density at radius 1 is 1.24 bits per heavy atom. The summed E-state index contributed by atoms with van der Waals surface area (Å²) >= 11 is 0. The second-order valence-corrected chi connectivity index (χ2v) is 8.51. The van der Waals surface area contributed by atoms with Gasteiger partial charge >= 0.3 is 0 Å². The Balaban J connectivity index is 1.79. The lowest BCUT2D eigenvalue weighted by Crippen LogP contribution is -2.32. The zero-order valence-corrected chi connectivity index (χ0v) is 17.4. The maximum absolute atomic E-state index is 12.9. The van der Waals surface area contributed by atoms with E-state index in [4.69, 9.17) is 9.47 Å². The van der Waals surface area contributed by atoms with Gasteiger partial charge in [-0.1, -0.05) is 19.1 Å². The Labute approximate surface area is 171 Å². The molecule has 0 saturated carbocycles. The molecule has 1 saturated heterocycles. The van der Waals surface area contributed by atoms with Crippen LogP contribution in [0.5, 0.6) is 5.75 Å². The van der Waals surface area contributed by atoms with Crippen molar-refractivity contribution in [3.63, 3.8) is 0 Å².